The molecule has 1 heterocycles. The smallest absolute Gasteiger partial charge is 0.264 e. The summed E-state index contributed by atoms with van der Waals surface area (Å²) in [6, 6.07) is 7.57. The zero-order chi connectivity index (χ0) is 13.1. The van der Waals surface area contributed by atoms with Crippen LogP contribution in [-0.2, 0) is 12.8 Å². The predicted octanol–water partition coefficient (Wildman–Crippen LogP) is 3.18. The highest BCUT2D eigenvalue weighted by Gasteiger charge is 2.07. The third-order valence-electron chi connectivity index (χ3n) is 2.58. The summed E-state index contributed by atoms with van der Waals surface area (Å²) in [7, 11) is 0. The largest absolute Gasteiger partial charge is 0.309 e. The van der Waals surface area contributed by atoms with Crippen molar-refractivity contribution in [1.29, 1.82) is 0 Å². The molecular weight excluding hydrogens is 363 g/mol. The van der Waals surface area contributed by atoms with Gasteiger partial charge in [-0.05, 0) is 46.7 Å². The van der Waals surface area contributed by atoms with Gasteiger partial charge in [-0.15, -0.1) is 0 Å². The number of aryl methyl sites for hydroxylation is 1. The van der Waals surface area contributed by atoms with Crippen molar-refractivity contribution in [1.82, 2.24) is 9.97 Å². The van der Waals surface area contributed by atoms with Gasteiger partial charge in [0.25, 0.3) is 5.56 Å². The van der Waals surface area contributed by atoms with Gasteiger partial charge in [-0.3, -0.25) is 4.79 Å². The van der Waals surface area contributed by atoms with Crippen molar-refractivity contribution in [3.05, 3.63) is 60.3 Å². The average Bonchev–Trinajstić information content (AvgIpc) is 2.33. The van der Waals surface area contributed by atoms with Crippen molar-refractivity contribution in [3.8, 4) is 0 Å². The van der Waals surface area contributed by atoms with Gasteiger partial charge >= 0.3 is 0 Å². The molecule has 0 aliphatic heterocycles. The van der Waals surface area contributed by atoms with Gasteiger partial charge in [-0.25, -0.2) is 4.98 Å². The fraction of sp³-hybridized carbons (Fsp3) is 0.231. The maximum absolute atomic E-state index is 11.7. The number of benzene rings is 1. The van der Waals surface area contributed by atoms with Gasteiger partial charge < -0.3 is 4.98 Å². The molecule has 1 N–H and O–H groups in total. The third kappa shape index (κ3) is 3.11. The number of nitrogens with one attached hydrogen (secondary N) is 1. The van der Waals surface area contributed by atoms with E-state index in [4.69, 9.17) is 11.6 Å². The van der Waals surface area contributed by atoms with Gasteiger partial charge in [0.05, 0.1) is 9.26 Å². The Morgan fingerprint density at radius 2 is 2.22 bits per heavy atom. The molecule has 18 heavy (non-hydrogen) atoms. The van der Waals surface area contributed by atoms with Crippen LogP contribution in [0.4, 0.5) is 0 Å². The van der Waals surface area contributed by atoms with Crippen molar-refractivity contribution in [3.63, 3.8) is 0 Å². The van der Waals surface area contributed by atoms with E-state index in [9.17, 15) is 4.79 Å². The van der Waals surface area contributed by atoms with E-state index in [2.05, 4.69) is 9.97 Å². The predicted molar refractivity (Wildman–Crippen MR) is 81.2 cm³/mol. The molecule has 0 saturated heterocycles. The number of aromatic nitrogens is 2. The van der Waals surface area contributed by atoms with Crippen molar-refractivity contribution < 1.29 is 0 Å². The second kappa shape index (κ2) is 5.84. The number of H-pyrrole nitrogens is 1. The van der Waals surface area contributed by atoms with Crippen molar-refractivity contribution >= 4 is 34.2 Å². The average molecular weight is 375 g/mol. The molecule has 0 fully saturated rings. The second-order valence-corrected chi connectivity index (χ2v) is 5.45. The number of rotatable bonds is 3. The summed E-state index contributed by atoms with van der Waals surface area (Å²) in [6.45, 7) is 1.99. The molecule has 0 aliphatic rings. The maximum atomic E-state index is 11.7. The minimum absolute atomic E-state index is 0.0699. The number of hydrogen-bond donors (Lipinski definition) is 1. The molecule has 2 rings (SSSR count). The first-order chi connectivity index (χ1) is 8.60. The van der Waals surface area contributed by atoms with Gasteiger partial charge in [0.15, 0.2) is 0 Å². The molecule has 5 heteroatoms. The van der Waals surface area contributed by atoms with Crippen LogP contribution in [0.1, 0.15) is 24.0 Å². The maximum Gasteiger partial charge on any atom is 0.264 e. The van der Waals surface area contributed by atoms with E-state index in [0.717, 1.165) is 17.7 Å². The molecule has 94 valence electrons. The van der Waals surface area contributed by atoms with Crippen molar-refractivity contribution in [2.45, 2.75) is 19.8 Å². The zero-order valence-electron chi connectivity index (χ0n) is 9.84. The molecule has 0 saturated carbocycles. The molecule has 2 aromatic rings. The molecule has 0 aliphatic carbocycles. The number of hydrogen-bond acceptors (Lipinski definition) is 2. The summed E-state index contributed by atoms with van der Waals surface area (Å²) in [5.74, 6) is 0.680. The van der Waals surface area contributed by atoms with E-state index in [-0.39, 0.29) is 5.56 Å². The summed E-state index contributed by atoms with van der Waals surface area (Å²) in [5, 5.41) is 0.691. The first kappa shape index (κ1) is 13.5. The van der Waals surface area contributed by atoms with E-state index < -0.39 is 0 Å². The van der Waals surface area contributed by atoms with E-state index in [1.54, 1.807) is 0 Å². The van der Waals surface area contributed by atoms with Gasteiger partial charge in [0.1, 0.15) is 5.82 Å². The Hall–Kier alpha value is -0.880. The van der Waals surface area contributed by atoms with Crippen LogP contribution in [0.3, 0.4) is 0 Å². The van der Waals surface area contributed by atoms with Crippen LogP contribution in [0.2, 0.25) is 5.02 Å². The van der Waals surface area contributed by atoms with Crippen LogP contribution in [0.5, 0.6) is 0 Å². The SMILES string of the molecule is CCc1nc(Cc2cccc(Cl)c2)[nH]c(=O)c1I. The van der Waals surface area contributed by atoms with Crippen LogP contribution in [0.25, 0.3) is 0 Å². The monoisotopic (exact) mass is 374 g/mol. The Morgan fingerprint density at radius 1 is 1.44 bits per heavy atom. The molecule has 3 nitrogen and oxygen atoms in total. The lowest BCUT2D eigenvalue weighted by Crippen LogP contribution is -2.18. The fourth-order valence-electron chi connectivity index (χ4n) is 1.72. The summed E-state index contributed by atoms with van der Waals surface area (Å²) in [6.07, 6.45) is 1.34. The zero-order valence-corrected chi connectivity index (χ0v) is 12.7. The Labute approximate surface area is 124 Å². The van der Waals surface area contributed by atoms with Crippen LogP contribution >= 0.6 is 34.2 Å². The lowest BCUT2D eigenvalue weighted by Gasteiger charge is -2.05. The Balaban J connectivity index is 2.35. The molecule has 0 unspecified atom stereocenters. The molecule has 1 aromatic heterocycles. The number of halogens is 2. The minimum atomic E-state index is -0.0699. The van der Waals surface area contributed by atoms with Crippen LogP contribution in [0, 0.1) is 3.57 Å². The minimum Gasteiger partial charge on any atom is -0.309 e. The standard InChI is InChI=1S/C13H12ClIN2O/c1-2-10-12(15)13(18)17-11(16-10)7-8-4-3-5-9(14)6-8/h3-6H,2,7H2,1H3,(H,16,17,18). The Morgan fingerprint density at radius 3 is 2.89 bits per heavy atom. The fourth-order valence-corrected chi connectivity index (χ4v) is 2.56. The quantitative estimate of drug-likeness (QED) is 0.839. The van der Waals surface area contributed by atoms with E-state index in [1.807, 2.05) is 53.8 Å². The number of aromatic amines is 1. The number of nitrogens with zero attached hydrogens (tertiary/aromatic N) is 1. The van der Waals surface area contributed by atoms with Crippen molar-refractivity contribution in [2.24, 2.45) is 0 Å². The Kier molecular flexibility index (Phi) is 4.40. The molecule has 1 aromatic carbocycles. The van der Waals surface area contributed by atoms with Gasteiger partial charge in [0, 0.05) is 11.4 Å². The van der Waals surface area contributed by atoms with E-state index in [0.29, 0.717) is 20.8 Å². The van der Waals surface area contributed by atoms with Crippen LogP contribution in [-0.4, -0.2) is 9.97 Å². The highest BCUT2D eigenvalue weighted by molar-refractivity contribution is 14.1. The molecule has 0 radical (unpaired) electrons. The normalized spacial score (nSPS) is 10.6. The topological polar surface area (TPSA) is 45.8 Å². The van der Waals surface area contributed by atoms with E-state index in [1.165, 1.54) is 0 Å². The summed E-state index contributed by atoms with van der Waals surface area (Å²) in [5.41, 5.74) is 1.81. The Bertz CT molecular complexity index is 625. The first-order valence-corrected chi connectivity index (χ1v) is 7.08. The van der Waals surface area contributed by atoms with Crippen LogP contribution in [0.15, 0.2) is 29.1 Å². The first-order valence-electron chi connectivity index (χ1n) is 5.62. The van der Waals surface area contributed by atoms with E-state index >= 15 is 0 Å². The second-order valence-electron chi connectivity index (χ2n) is 3.93. The molecular formula is C13H12ClIN2O. The molecule has 0 amide bonds. The van der Waals surface area contributed by atoms with Gasteiger partial charge in [0.2, 0.25) is 0 Å². The molecule has 0 atom stereocenters. The molecule has 0 spiro atoms. The van der Waals surface area contributed by atoms with Gasteiger partial charge in [-0.1, -0.05) is 30.7 Å². The lowest BCUT2D eigenvalue weighted by atomic mass is 10.1. The lowest BCUT2D eigenvalue weighted by molar-refractivity contribution is 0.875. The summed E-state index contributed by atoms with van der Waals surface area (Å²) in [4.78, 5) is 19.0. The summed E-state index contributed by atoms with van der Waals surface area (Å²) < 4.78 is 0.671. The van der Waals surface area contributed by atoms with Crippen LogP contribution < -0.4 is 5.56 Å². The highest BCUT2D eigenvalue weighted by Crippen LogP contribution is 2.13. The highest BCUT2D eigenvalue weighted by atomic mass is 127. The van der Waals surface area contributed by atoms with Gasteiger partial charge in [-0.2, -0.15) is 0 Å². The molecule has 0 bridgehead atoms. The third-order valence-corrected chi connectivity index (χ3v) is 3.92. The van der Waals surface area contributed by atoms with Crippen molar-refractivity contribution in [2.75, 3.05) is 0 Å². The summed E-state index contributed by atoms with van der Waals surface area (Å²) >= 11 is 7.96.